The van der Waals surface area contributed by atoms with Gasteiger partial charge in [-0.25, -0.2) is 9.97 Å². The van der Waals surface area contributed by atoms with Crippen molar-refractivity contribution in [3.63, 3.8) is 0 Å². The first-order valence-corrected chi connectivity index (χ1v) is 11.8. The number of aromatic nitrogens is 2. The molecule has 1 aliphatic heterocycles. The number of fused-ring (bicyclic) bond motifs is 3. The average Bonchev–Trinajstić information content (AvgIpc) is 3.28. The molecule has 4 nitrogen and oxygen atoms in total. The van der Waals surface area contributed by atoms with E-state index in [0.29, 0.717) is 12.0 Å². The Morgan fingerprint density at radius 1 is 1.07 bits per heavy atom. The van der Waals surface area contributed by atoms with E-state index in [9.17, 15) is 0 Å². The van der Waals surface area contributed by atoms with Crippen molar-refractivity contribution in [3.8, 4) is 5.88 Å². The highest BCUT2D eigenvalue weighted by Gasteiger charge is 2.31. The summed E-state index contributed by atoms with van der Waals surface area (Å²) in [6.07, 6.45) is 14.8. The summed E-state index contributed by atoms with van der Waals surface area (Å²) in [6, 6.07) is 0.783. The fourth-order valence-electron chi connectivity index (χ4n) is 5.51. The lowest BCUT2D eigenvalue weighted by atomic mass is 9.90. The first-order chi connectivity index (χ1) is 13.3. The second kappa shape index (κ2) is 7.67. The van der Waals surface area contributed by atoms with Crippen LogP contribution in [0.15, 0.2) is 6.33 Å². The fourth-order valence-corrected chi connectivity index (χ4v) is 6.74. The standard InChI is InChI=1S/C22H31N3OS/c1-2-15-6-11-18-19(15)20-21(23-14-24-22(20)27-18)26-17-9-7-16(8-10-17)25-12-4-3-5-13-25/h14-17H,2-13H2,1H3/t15-,16-,17-/m0/s1. The van der Waals surface area contributed by atoms with Gasteiger partial charge >= 0.3 is 0 Å². The Labute approximate surface area is 166 Å². The fraction of sp³-hybridized carbons (Fsp3) is 0.727. The summed E-state index contributed by atoms with van der Waals surface area (Å²) in [4.78, 5) is 14.5. The molecule has 2 aromatic heterocycles. The van der Waals surface area contributed by atoms with Crippen LogP contribution in [0.1, 0.15) is 81.1 Å². The van der Waals surface area contributed by atoms with Crippen molar-refractivity contribution < 1.29 is 4.74 Å². The van der Waals surface area contributed by atoms with Gasteiger partial charge in [-0.1, -0.05) is 13.3 Å². The summed E-state index contributed by atoms with van der Waals surface area (Å²) in [5.74, 6) is 1.52. The van der Waals surface area contributed by atoms with E-state index in [1.807, 2.05) is 11.3 Å². The molecule has 27 heavy (non-hydrogen) atoms. The number of aryl methyl sites for hydroxylation is 1. The van der Waals surface area contributed by atoms with Gasteiger partial charge in [-0.3, -0.25) is 0 Å². The highest BCUT2D eigenvalue weighted by molar-refractivity contribution is 7.19. The molecule has 1 saturated heterocycles. The van der Waals surface area contributed by atoms with Crippen LogP contribution < -0.4 is 4.74 Å². The molecule has 0 spiro atoms. The van der Waals surface area contributed by atoms with Gasteiger partial charge < -0.3 is 9.64 Å². The van der Waals surface area contributed by atoms with Crippen molar-refractivity contribution in [2.24, 2.45) is 0 Å². The zero-order valence-electron chi connectivity index (χ0n) is 16.5. The number of thiophene rings is 1. The molecule has 1 saturated carbocycles. The minimum absolute atomic E-state index is 0.321. The summed E-state index contributed by atoms with van der Waals surface area (Å²) in [6.45, 7) is 4.92. The second-order valence-electron chi connectivity index (χ2n) is 8.59. The van der Waals surface area contributed by atoms with Crippen LogP contribution >= 0.6 is 11.3 Å². The smallest absolute Gasteiger partial charge is 0.225 e. The SMILES string of the molecule is CC[C@H]1CCc2sc3ncnc(O[C@H]4CC[C@H](N5CCCCC5)CC4)c3c21. The van der Waals surface area contributed by atoms with E-state index >= 15 is 0 Å². The summed E-state index contributed by atoms with van der Waals surface area (Å²) < 4.78 is 6.52. The van der Waals surface area contributed by atoms with Gasteiger partial charge in [0.25, 0.3) is 0 Å². The second-order valence-corrected chi connectivity index (χ2v) is 9.67. The van der Waals surface area contributed by atoms with Crippen molar-refractivity contribution in [2.75, 3.05) is 13.1 Å². The van der Waals surface area contributed by atoms with E-state index in [0.717, 1.165) is 29.6 Å². The minimum Gasteiger partial charge on any atom is -0.474 e. The first-order valence-electron chi connectivity index (χ1n) is 11.0. The molecule has 1 atom stereocenters. The minimum atomic E-state index is 0.321. The van der Waals surface area contributed by atoms with Crippen LogP contribution in [0.25, 0.3) is 10.2 Å². The van der Waals surface area contributed by atoms with E-state index in [-0.39, 0.29) is 0 Å². The third kappa shape index (κ3) is 3.38. The zero-order valence-corrected chi connectivity index (χ0v) is 17.3. The molecule has 2 fully saturated rings. The van der Waals surface area contributed by atoms with E-state index < -0.39 is 0 Å². The number of hydrogen-bond donors (Lipinski definition) is 0. The lowest BCUT2D eigenvalue weighted by molar-refractivity contribution is 0.0756. The number of nitrogens with zero attached hydrogens (tertiary/aromatic N) is 3. The molecular formula is C22H31N3OS. The highest BCUT2D eigenvalue weighted by atomic mass is 32.1. The van der Waals surface area contributed by atoms with Crippen molar-refractivity contribution >= 4 is 21.6 Å². The van der Waals surface area contributed by atoms with E-state index in [1.165, 1.54) is 80.3 Å². The molecule has 2 aromatic rings. The summed E-state index contributed by atoms with van der Waals surface area (Å²) in [7, 11) is 0. The molecule has 0 amide bonds. The summed E-state index contributed by atoms with van der Waals surface area (Å²) in [5.41, 5.74) is 1.51. The Bertz CT molecular complexity index is 790. The quantitative estimate of drug-likeness (QED) is 0.715. The Kier molecular flexibility index (Phi) is 5.08. The van der Waals surface area contributed by atoms with Crippen LogP contribution in [0, 0.1) is 0 Å². The Hall–Kier alpha value is -1.20. The zero-order chi connectivity index (χ0) is 18.2. The molecule has 0 unspecified atom stereocenters. The van der Waals surface area contributed by atoms with Crippen LogP contribution in [0.3, 0.4) is 0 Å². The number of hydrogen-bond acceptors (Lipinski definition) is 5. The van der Waals surface area contributed by atoms with Crippen molar-refractivity contribution in [1.29, 1.82) is 0 Å². The number of rotatable bonds is 4. The van der Waals surface area contributed by atoms with Crippen LogP contribution in [0.2, 0.25) is 0 Å². The molecule has 0 radical (unpaired) electrons. The molecule has 0 N–H and O–H groups in total. The van der Waals surface area contributed by atoms with Gasteiger partial charge in [0.2, 0.25) is 5.88 Å². The number of likely N-dealkylation sites (tertiary alicyclic amines) is 1. The Morgan fingerprint density at radius 3 is 2.67 bits per heavy atom. The van der Waals surface area contributed by atoms with Gasteiger partial charge in [-0.2, -0.15) is 0 Å². The highest BCUT2D eigenvalue weighted by Crippen LogP contribution is 2.47. The molecule has 146 valence electrons. The molecule has 5 heteroatoms. The van der Waals surface area contributed by atoms with E-state index in [4.69, 9.17) is 4.74 Å². The van der Waals surface area contributed by atoms with Crippen molar-refractivity contribution in [2.45, 2.75) is 89.2 Å². The molecule has 0 aromatic carbocycles. The normalized spacial score (nSPS) is 29.1. The largest absolute Gasteiger partial charge is 0.474 e. The van der Waals surface area contributed by atoms with Crippen LogP contribution in [-0.2, 0) is 6.42 Å². The molecule has 3 heterocycles. The van der Waals surface area contributed by atoms with E-state index in [1.54, 1.807) is 6.33 Å². The van der Waals surface area contributed by atoms with Gasteiger partial charge in [0, 0.05) is 10.9 Å². The maximum atomic E-state index is 6.52. The number of piperidine rings is 1. The molecule has 0 bridgehead atoms. The molecule has 2 aliphatic carbocycles. The lowest BCUT2D eigenvalue weighted by Crippen LogP contribution is -2.42. The maximum Gasteiger partial charge on any atom is 0.225 e. The number of ether oxygens (including phenoxy) is 1. The van der Waals surface area contributed by atoms with Crippen molar-refractivity contribution in [1.82, 2.24) is 14.9 Å². The molecule has 5 rings (SSSR count). The summed E-state index contributed by atoms with van der Waals surface area (Å²) >= 11 is 1.86. The van der Waals surface area contributed by atoms with E-state index in [2.05, 4.69) is 21.8 Å². The van der Waals surface area contributed by atoms with Gasteiger partial charge in [0.05, 0.1) is 5.39 Å². The van der Waals surface area contributed by atoms with Crippen LogP contribution in [-0.4, -0.2) is 40.1 Å². The summed E-state index contributed by atoms with van der Waals surface area (Å²) in [5, 5.41) is 1.24. The lowest BCUT2D eigenvalue weighted by Gasteiger charge is -2.38. The van der Waals surface area contributed by atoms with Crippen LogP contribution in [0.5, 0.6) is 5.88 Å². The third-order valence-corrected chi connectivity index (χ3v) is 8.19. The molecular weight excluding hydrogens is 354 g/mol. The molecule has 3 aliphatic rings. The first kappa shape index (κ1) is 17.9. The van der Waals surface area contributed by atoms with Gasteiger partial charge in [-0.15, -0.1) is 11.3 Å². The Balaban J connectivity index is 1.31. The van der Waals surface area contributed by atoms with Gasteiger partial charge in [0.15, 0.2) is 0 Å². The Morgan fingerprint density at radius 2 is 1.89 bits per heavy atom. The maximum absolute atomic E-state index is 6.52. The van der Waals surface area contributed by atoms with Crippen LogP contribution in [0.4, 0.5) is 0 Å². The third-order valence-electron chi connectivity index (χ3n) is 7.02. The topological polar surface area (TPSA) is 38.3 Å². The monoisotopic (exact) mass is 385 g/mol. The van der Waals surface area contributed by atoms with Gasteiger partial charge in [-0.05, 0) is 82.4 Å². The van der Waals surface area contributed by atoms with Gasteiger partial charge in [0.1, 0.15) is 17.3 Å². The van der Waals surface area contributed by atoms with Crippen molar-refractivity contribution in [3.05, 3.63) is 16.8 Å². The average molecular weight is 386 g/mol. The predicted molar refractivity (Wildman–Crippen MR) is 111 cm³/mol. The predicted octanol–water partition coefficient (Wildman–Crippen LogP) is 5.31.